The van der Waals surface area contributed by atoms with Crippen LogP contribution in [0.3, 0.4) is 0 Å². The van der Waals surface area contributed by atoms with Crippen LogP contribution >= 0.6 is 0 Å². The summed E-state index contributed by atoms with van der Waals surface area (Å²) >= 11 is 0. The zero-order valence-electron chi connectivity index (χ0n) is 19.5. The van der Waals surface area contributed by atoms with E-state index in [2.05, 4.69) is 5.32 Å². The van der Waals surface area contributed by atoms with Crippen molar-refractivity contribution in [2.45, 2.75) is 44.2 Å². The van der Waals surface area contributed by atoms with Gasteiger partial charge in [-0.2, -0.15) is 0 Å². The fraction of sp³-hybridized carbons (Fsp3) is 0.435. The van der Waals surface area contributed by atoms with Gasteiger partial charge in [0.15, 0.2) is 11.5 Å². The standard InChI is InChI=1S/C23H32N2O6S/c1-16(2)31-21-10-7-17(13-22(21)30-6)15-24-23(26)12-8-18-14-19(9-11-20(18)29-5)32(27,28)25(3)4/h7,9-11,13-14,16H,8,12,15H2,1-6H3,(H,24,26). The first-order valence-electron chi connectivity index (χ1n) is 10.3. The van der Waals surface area contributed by atoms with E-state index in [4.69, 9.17) is 14.2 Å². The highest BCUT2D eigenvalue weighted by molar-refractivity contribution is 7.89. The molecule has 1 N–H and O–H groups in total. The van der Waals surface area contributed by atoms with E-state index in [1.54, 1.807) is 19.2 Å². The highest BCUT2D eigenvalue weighted by atomic mass is 32.2. The minimum Gasteiger partial charge on any atom is -0.496 e. The number of hydrogen-bond donors (Lipinski definition) is 1. The number of nitrogens with one attached hydrogen (secondary N) is 1. The maximum absolute atomic E-state index is 12.4. The van der Waals surface area contributed by atoms with E-state index in [0.717, 1.165) is 9.87 Å². The van der Waals surface area contributed by atoms with Crippen LogP contribution in [0, 0.1) is 0 Å². The molecule has 1 amide bonds. The van der Waals surface area contributed by atoms with Gasteiger partial charge in [-0.1, -0.05) is 6.07 Å². The minimum absolute atomic E-state index is 0.0256. The Bertz CT molecular complexity index is 1030. The predicted molar refractivity (Wildman–Crippen MR) is 123 cm³/mol. The summed E-state index contributed by atoms with van der Waals surface area (Å²) in [6, 6.07) is 10.2. The number of carbonyl (C=O) groups excluding carboxylic acids is 1. The lowest BCUT2D eigenvalue weighted by molar-refractivity contribution is -0.121. The maximum Gasteiger partial charge on any atom is 0.242 e. The van der Waals surface area contributed by atoms with E-state index >= 15 is 0 Å². The highest BCUT2D eigenvalue weighted by Crippen LogP contribution is 2.29. The molecule has 0 spiro atoms. The van der Waals surface area contributed by atoms with Crippen LogP contribution in [0.25, 0.3) is 0 Å². The number of benzene rings is 2. The summed E-state index contributed by atoms with van der Waals surface area (Å²) in [4.78, 5) is 12.6. The molecule has 0 radical (unpaired) electrons. The number of carbonyl (C=O) groups is 1. The first-order valence-corrected chi connectivity index (χ1v) is 11.7. The second-order valence-corrected chi connectivity index (χ2v) is 9.84. The Kier molecular flexibility index (Phi) is 8.91. The van der Waals surface area contributed by atoms with E-state index in [1.807, 2.05) is 32.0 Å². The van der Waals surface area contributed by atoms with Crippen LogP contribution < -0.4 is 19.5 Å². The van der Waals surface area contributed by atoms with Gasteiger partial charge in [0, 0.05) is 27.1 Å². The second kappa shape index (κ2) is 11.2. The number of hydrogen-bond acceptors (Lipinski definition) is 6. The van der Waals surface area contributed by atoms with Gasteiger partial charge in [0.1, 0.15) is 5.75 Å². The minimum atomic E-state index is -3.57. The second-order valence-electron chi connectivity index (χ2n) is 7.69. The van der Waals surface area contributed by atoms with Crippen LogP contribution in [-0.4, -0.2) is 53.0 Å². The average Bonchev–Trinajstić information content (AvgIpc) is 2.76. The largest absolute Gasteiger partial charge is 0.496 e. The Morgan fingerprint density at radius 3 is 2.25 bits per heavy atom. The van der Waals surface area contributed by atoms with Crippen molar-refractivity contribution in [2.24, 2.45) is 0 Å². The average molecular weight is 465 g/mol. The van der Waals surface area contributed by atoms with Crippen molar-refractivity contribution >= 4 is 15.9 Å². The lowest BCUT2D eigenvalue weighted by atomic mass is 10.1. The molecule has 0 atom stereocenters. The van der Waals surface area contributed by atoms with Crippen molar-refractivity contribution in [3.8, 4) is 17.2 Å². The van der Waals surface area contributed by atoms with Crippen LogP contribution in [0.15, 0.2) is 41.3 Å². The smallest absolute Gasteiger partial charge is 0.242 e. The van der Waals surface area contributed by atoms with Crippen LogP contribution in [0.1, 0.15) is 31.4 Å². The number of rotatable bonds is 11. The first kappa shape index (κ1) is 25.5. The van der Waals surface area contributed by atoms with Crippen molar-refractivity contribution in [1.29, 1.82) is 0 Å². The molecular formula is C23H32N2O6S. The third-order valence-corrected chi connectivity index (χ3v) is 6.54. The predicted octanol–water partition coefficient (Wildman–Crippen LogP) is 2.99. The molecule has 0 bridgehead atoms. The summed E-state index contributed by atoms with van der Waals surface area (Å²) in [5, 5.41) is 2.88. The molecule has 2 aromatic carbocycles. The SMILES string of the molecule is COc1ccc(S(=O)(=O)N(C)C)cc1CCC(=O)NCc1ccc(OC(C)C)c(OC)c1. The van der Waals surface area contributed by atoms with E-state index in [1.165, 1.54) is 27.3 Å². The van der Waals surface area contributed by atoms with Gasteiger partial charge in [0.2, 0.25) is 15.9 Å². The number of methoxy groups -OCH3 is 2. The molecule has 0 saturated heterocycles. The number of amides is 1. The van der Waals surface area contributed by atoms with Crippen molar-refractivity contribution in [2.75, 3.05) is 28.3 Å². The van der Waals surface area contributed by atoms with Gasteiger partial charge in [0.25, 0.3) is 0 Å². The van der Waals surface area contributed by atoms with E-state index in [-0.39, 0.29) is 23.3 Å². The molecule has 2 aromatic rings. The Hall–Kier alpha value is -2.78. The monoisotopic (exact) mass is 464 g/mol. The summed E-state index contributed by atoms with van der Waals surface area (Å²) < 4.78 is 42.4. The van der Waals surface area contributed by atoms with Crippen LogP contribution in [0.4, 0.5) is 0 Å². The Balaban J connectivity index is 2.03. The molecule has 0 aliphatic carbocycles. The van der Waals surface area contributed by atoms with Gasteiger partial charge in [-0.3, -0.25) is 4.79 Å². The fourth-order valence-corrected chi connectivity index (χ4v) is 3.98. The van der Waals surface area contributed by atoms with Gasteiger partial charge in [0.05, 0.1) is 25.2 Å². The molecule has 8 nitrogen and oxygen atoms in total. The summed E-state index contributed by atoms with van der Waals surface area (Å²) in [5.74, 6) is 1.64. The van der Waals surface area contributed by atoms with Crippen LogP contribution in [0.2, 0.25) is 0 Å². The number of ether oxygens (including phenoxy) is 3. The number of aryl methyl sites for hydroxylation is 1. The van der Waals surface area contributed by atoms with Crippen LogP contribution in [-0.2, 0) is 27.8 Å². The van der Waals surface area contributed by atoms with E-state index < -0.39 is 10.0 Å². The fourth-order valence-electron chi connectivity index (χ4n) is 3.03. The molecule has 0 heterocycles. The normalized spacial score (nSPS) is 11.5. The van der Waals surface area contributed by atoms with Gasteiger partial charge in [-0.05, 0) is 61.7 Å². The van der Waals surface area contributed by atoms with Gasteiger partial charge in [-0.15, -0.1) is 0 Å². The molecule has 0 aromatic heterocycles. The molecule has 0 aliphatic rings. The summed E-state index contributed by atoms with van der Waals surface area (Å²) in [6.07, 6.45) is 0.557. The molecule has 0 saturated carbocycles. The summed E-state index contributed by atoms with van der Waals surface area (Å²) in [6.45, 7) is 4.21. The number of sulfonamides is 1. The Morgan fingerprint density at radius 2 is 1.66 bits per heavy atom. The molecular weight excluding hydrogens is 432 g/mol. The lowest BCUT2D eigenvalue weighted by Crippen LogP contribution is -2.23. The van der Waals surface area contributed by atoms with E-state index in [9.17, 15) is 13.2 Å². The maximum atomic E-state index is 12.4. The molecule has 9 heteroatoms. The Morgan fingerprint density at radius 1 is 1.00 bits per heavy atom. The third-order valence-electron chi connectivity index (χ3n) is 4.73. The highest BCUT2D eigenvalue weighted by Gasteiger charge is 2.19. The zero-order valence-corrected chi connectivity index (χ0v) is 20.3. The quantitative estimate of drug-likeness (QED) is 0.549. The molecule has 0 fully saturated rings. The molecule has 2 rings (SSSR count). The summed E-state index contributed by atoms with van der Waals surface area (Å²) in [7, 11) is 2.46. The van der Waals surface area contributed by atoms with Gasteiger partial charge in [-0.25, -0.2) is 12.7 Å². The molecule has 32 heavy (non-hydrogen) atoms. The molecule has 0 aliphatic heterocycles. The van der Waals surface area contributed by atoms with Crippen molar-refractivity contribution < 1.29 is 27.4 Å². The lowest BCUT2D eigenvalue weighted by Gasteiger charge is -2.15. The van der Waals surface area contributed by atoms with E-state index in [0.29, 0.717) is 35.8 Å². The zero-order chi connectivity index (χ0) is 23.9. The van der Waals surface area contributed by atoms with Crippen molar-refractivity contribution in [3.63, 3.8) is 0 Å². The first-order chi connectivity index (χ1) is 15.1. The van der Waals surface area contributed by atoms with Crippen LogP contribution in [0.5, 0.6) is 17.2 Å². The Labute approximate surface area is 190 Å². The van der Waals surface area contributed by atoms with Gasteiger partial charge < -0.3 is 19.5 Å². The number of nitrogens with zero attached hydrogens (tertiary/aromatic N) is 1. The topological polar surface area (TPSA) is 94.2 Å². The molecule has 0 unspecified atom stereocenters. The van der Waals surface area contributed by atoms with Crippen molar-refractivity contribution in [1.82, 2.24) is 9.62 Å². The van der Waals surface area contributed by atoms with Crippen molar-refractivity contribution in [3.05, 3.63) is 47.5 Å². The summed E-state index contributed by atoms with van der Waals surface area (Å²) in [5.41, 5.74) is 1.53. The van der Waals surface area contributed by atoms with Gasteiger partial charge >= 0.3 is 0 Å². The third kappa shape index (κ3) is 6.61. The molecule has 176 valence electrons.